The van der Waals surface area contributed by atoms with Crippen LogP contribution in [0.5, 0.6) is 0 Å². The van der Waals surface area contributed by atoms with E-state index in [4.69, 9.17) is 10.00 Å². The van der Waals surface area contributed by atoms with Crippen molar-refractivity contribution in [1.82, 2.24) is 5.32 Å². The van der Waals surface area contributed by atoms with Gasteiger partial charge in [-0.15, -0.1) is 0 Å². The Morgan fingerprint density at radius 3 is 2.88 bits per heavy atom. The minimum atomic E-state index is -0.0188. The van der Waals surface area contributed by atoms with Gasteiger partial charge in [0, 0.05) is 7.11 Å². The van der Waals surface area contributed by atoms with Crippen LogP contribution in [0.15, 0.2) is 0 Å². The van der Waals surface area contributed by atoms with Crippen LogP contribution in [-0.2, 0) is 4.74 Å². The van der Waals surface area contributed by atoms with Gasteiger partial charge in [-0.1, -0.05) is 0 Å². The summed E-state index contributed by atoms with van der Waals surface area (Å²) >= 11 is 0. The molecular formula is C5H10N2O. The van der Waals surface area contributed by atoms with Gasteiger partial charge in [0.05, 0.1) is 12.6 Å². The second-order valence-electron chi connectivity index (χ2n) is 1.42. The molecule has 0 spiro atoms. The Balaban J connectivity index is 3.01. The molecule has 3 nitrogen and oxygen atoms in total. The molecule has 0 rings (SSSR count). The van der Waals surface area contributed by atoms with E-state index in [9.17, 15) is 0 Å². The predicted octanol–water partition coefficient (Wildman–Crippen LogP) is 0.0920. The standard InChI is InChI=1S/C5H10N2O/c1-5(8-2)7-4-3-6/h5,7H,4H2,1-2H3. The van der Waals surface area contributed by atoms with E-state index in [1.165, 1.54) is 0 Å². The van der Waals surface area contributed by atoms with Crippen LogP contribution in [0.1, 0.15) is 6.92 Å². The monoisotopic (exact) mass is 114 g/mol. The molecule has 0 saturated heterocycles. The second kappa shape index (κ2) is 4.57. The fourth-order valence-electron chi connectivity index (χ4n) is 0.273. The third kappa shape index (κ3) is 3.59. The van der Waals surface area contributed by atoms with Crippen LogP contribution in [-0.4, -0.2) is 19.9 Å². The number of ether oxygens (including phenoxy) is 1. The summed E-state index contributed by atoms with van der Waals surface area (Å²) in [4.78, 5) is 0. The van der Waals surface area contributed by atoms with E-state index >= 15 is 0 Å². The average Bonchev–Trinajstić information content (AvgIpc) is 1.83. The Hall–Kier alpha value is -0.590. The smallest absolute Gasteiger partial charge is 0.105 e. The number of rotatable bonds is 3. The number of nitrogens with one attached hydrogen (secondary N) is 1. The summed E-state index contributed by atoms with van der Waals surface area (Å²) in [6.45, 7) is 2.19. The van der Waals surface area contributed by atoms with Crippen molar-refractivity contribution in [2.24, 2.45) is 0 Å². The van der Waals surface area contributed by atoms with Crippen LogP contribution in [0.2, 0.25) is 0 Å². The molecule has 0 bridgehead atoms. The van der Waals surface area contributed by atoms with E-state index in [0.717, 1.165) is 0 Å². The summed E-state index contributed by atoms with van der Waals surface area (Å²) in [5, 5.41) is 10.8. The van der Waals surface area contributed by atoms with E-state index in [1.807, 2.05) is 13.0 Å². The molecule has 0 fully saturated rings. The quantitative estimate of drug-likeness (QED) is 0.418. The molecule has 0 heterocycles. The molecule has 46 valence electrons. The molecule has 0 aliphatic rings. The van der Waals surface area contributed by atoms with Crippen LogP contribution in [0.25, 0.3) is 0 Å². The molecule has 0 aromatic rings. The summed E-state index contributed by atoms with van der Waals surface area (Å²) < 4.78 is 4.79. The van der Waals surface area contributed by atoms with Gasteiger partial charge in [-0.2, -0.15) is 5.26 Å². The van der Waals surface area contributed by atoms with Crippen molar-refractivity contribution in [3.8, 4) is 6.07 Å². The van der Waals surface area contributed by atoms with Gasteiger partial charge in [0.1, 0.15) is 6.23 Å². The first-order valence-corrected chi connectivity index (χ1v) is 2.44. The van der Waals surface area contributed by atoms with Crippen LogP contribution in [0.4, 0.5) is 0 Å². The van der Waals surface area contributed by atoms with Crippen molar-refractivity contribution in [2.75, 3.05) is 13.7 Å². The normalized spacial score (nSPS) is 12.6. The fraction of sp³-hybridized carbons (Fsp3) is 0.800. The minimum absolute atomic E-state index is 0.0188. The van der Waals surface area contributed by atoms with Crippen molar-refractivity contribution < 1.29 is 4.74 Å². The van der Waals surface area contributed by atoms with Crippen molar-refractivity contribution in [1.29, 1.82) is 5.26 Å². The number of hydrogen-bond donors (Lipinski definition) is 1. The maximum Gasteiger partial charge on any atom is 0.105 e. The van der Waals surface area contributed by atoms with Crippen LogP contribution < -0.4 is 5.32 Å². The lowest BCUT2D eigenvalue weighted by Crippen LogP contribution is -2.27. The highest BCUT2D eigenvalue weighted by atomic mass is 16.5. The summed E-state index contributed by atoms with van der Waals surface area (Å²) in [5.41, 5.74) is 0. The molecule has 0 aromatic heterocycles. The lowest BCUT2D eigenvalue weighted by molar-refractivity contribution is 0.0932. The van der Waals surface area contributed by atoms with E-state index in [-0.39, 0.29) is 6.23 Å². The molecular weight excluding hydrogens is 104 g/mol. The Bertz CT molecular complexity index is 86.9. The molecule has 0 aromatic carbocycles. The van der Waals surface area contributed by atoms with Gasteiger partial charge < -0.3 is 4.74 Å². The Morgan fingerprint density at radius 1 is 1.88 bits per heavy atom. The second-order valence-corrected chi connectivity index (χ2v) is 1.42. The molecule has 1 atom stereocenters. The molecule has 1 unspecified atom stereocenters. The Morgan fingerprint density at radius 2 is 2.50 bits per heavy atom. The van der Waals surface area contributed by atoms with Gasteiger partial charge in [-0.3, -0.25) is 5.32 Å². The third-order valence-electron chi connectivity index (χ3n) is 0.822. The van der Waals surface area contributed by atoms with E-state index in [0.29, 0.717) is 6.54 Å². The molecule has 3 heteroatoms. The first-order chi connectivity index (χ1) is 3.81. The molecule has 0 aliphatic heterocycles. The van der Waals surface area contributed by atoms with E-state index in [1.54, 1.807) is 7.11 Å². The first-order valence-electron chi connectivity index (χ1n) is 2.44. The molecule has 0 aliphatic carbocycles. The summed E-state index contributed by atoms with van der Waals surface area (Å²) in [6.07, 6.45) is -0.0188. The topological polar surface area (TPSA) is 45.0 Å². The number of nitriles is 1. The maximum absolute atomic E-state index is 8.04. The summed E-state index contributed by atoms with van der Waals surface area (Å²) in [5.74, 6) is 0. The number of nitrogens with zero attached hydrogens (tertiary/aromatic N) is 1. The highest BCUT2D eigenvalue weighted by molar-refractivity contribution is 4.72. The summed E-state index contributed by atoms with van der Waals surface area (Å²) in [6, 6.07) is 1.94. The van der Waals surface area contributed by atoms with Crippen molar-refractivity contribution in [2.45, 2.75) is 13.2 Å². The highest BCUT2D eigenvalue weighted by Crippen LogP contribution is 1.76. The molecule has 0 radical (unpaired) electrons. The zero-order chi connectivity index (χ0) is 6.41. The zero-order valence-corrected chi connectivity index (χ0v) is 5.14. The fourth-order valence-corrected chi connectivity index (χ4v) is 0.273. The number of methoxy groups -OCH3 is 1. The minimum Gasteiger partial charge on any atom is -0.367 e. The third-order valence-corrected chi connectivity index (χ3v) is 0.822. The van der Waals surface area contributed by atoms with Gasteiger partial charge >= 0.3 is 0 Å². The first kappa shape index (κ1) is 7.41. The zero-order valence-electron chi connectivity index (χ0n) is 5.14. The number of hydrogen-bond acceptors (Lipinski definition) is 3. The molecule has 0 amide bonds. The van der Waals surface area contributed by atoms with Crippen LogP contribution >= 0.6 is 0 Å². The van der Waals surface area contributed by atoms with Crippen molar-refractivity contribution in [3.63, 3.8) is 0 Å². The molecule has 8 heavy (non-hydrogen) atoms. The van der Waals surface area contributed by atoms with Crippen molar-refractivity contribution >= 4 is 0 Å². The largest absolute Gasteiger partial charge is 0.367 e. The lowest BCUT2D eigenvalue weighted by atomic mass is 10.6. The highest BCUT2D eigenvalue weighted by Gasteiger charge is 1.92. The van der Waals surface area contributed by atoms with Crippen molar-refractivity contribution in [3.05, 3.63) is 0 Å². The van der Waals surface area contributed by atoms with Crippen LogP contribution in [0.3, 0.4) is 0 Å². The lowest BCUT2D eigenvalue weighted by Gasteiger charge is -2.06. The molecule has 0 saturated carbocycles. The van der Waals surface area contributed by atoms with Crippen LogP contribution in [0, 0.1) is 11.3 Å². The predicted molar refractivity (Wildman–Crippen MR) is 30.1 cm³/mol. The SMILES string of the molecule is COC(C)NCC#N. The average molecular weight is 114 g/mol. The van der Waals surface area contributed by atoms with Gasteiger partial charge in [0.25, 0.3) is 0 Å². The van der Waals surface area contributed by atoms with Gasteiger partial charge in [-0.05, 0) is 6.92 Å². The van der Waals surface area contributed by atoms with E-state index < -0.39 is 0 Å². The Kier molecular flexibility index (Phi) is 4.23. The van der Waals surface area contributed by atoms with Gasteiger partial charge in [0.15, 0.2) is 0 Å². The maximum atomic E-state index is 8.04. The summed E-state index contributed by atoms with van der Waals surface area (Å²) in [7, 11) is 1.59. The Labute approximate surface area is 49.3 Å². The van der Waals surface area contributed by atoms with E-state index in [2.05, 4.69) is 5.32 Å². The van der Waals surface area contributed by atoms with Gasteiger partial charge in [-0.25, -0.2) is 0 Å². The van der Waals surface area contributed by atoms with Gasteiger partial charge in [0.2, 0.25) is 0 Å². The molecule has 1 N–H and O–H groups in total.